The van der Waals surface area contributed by atoms with E-state index in [0.29, 0.717) is 19.5 Å². The minimum Gasteiger partial charge on any atom is -0.396 e. The third kappa shape index (κ3) is 2.83. The third-order valence-electron chi connectivity index (χ3n) is 3.12. The Hall–Kier alpha value is -0.690. The van der Waals surface area contributed by atoms with Gasteiger partial charge in [0.1, 0.15) is 10.0 Å². The predicted octanol–water partition coefficient (Wildman–Crippen LogP) is 1.13. The number of aromatic nitrogens is 1. The molecule has 1 aliphatic heterocycles. The van der Waals surface area contributed by atoms with E-state index in [1.807, 2.05) is 0 Å². The van der Waals surface area contributed by atoms with Crippen LogP contribution in [-0.4, -0.2) is 42.5 Å². The summed E-state index contributed by atoms with van der Waals surface area (Å²) in [4.78, 5) is 3.96. The number of aliphatic hydroxyl groups excluding tert-OH is 1. The molecule has 0 aromatic carbocycles. The van der Waals surface area contributed by atoms with E-state index in [2.05, 4.69) is 4.98 Å². The van der Waals surface area contributed by atoms with Gasteiger partial charge in [0.15, 0.2) is 0 Å². The Morgan fingerprint density at radius 2 is 2.28 bits per heavy atom. The Labute approximate surface area is 111 Å². The van der Waals surface area contributed by atoms with Crippen LogP contribution in [-0.2, 0) is 10.0 Å². The molecule has 1 saturated heterocycles. The molecule has 1 aromatic rings. The Kier molecular flexibility index (Phi) is 4.21. The summed E-state index contributed by atoms with van der Waals surface area (Å²) in [5, 5.41) is 9.14. The van der Waals surface area contributed by atoms with Gasteiger partial charge in [0.2, 0.25) is 10.0 Å². The summed E-state index contributed by atoms with van der Waals surface area (Å²) < 4.78 is 26.0. The van der Waals surface area contributed by atoms with Gasteiger partial charge in [-0.25, -0.2) is 13.4 Å². The lowest BCUT2D eigenvalue weighted by Crippen LogP contribution is -2.29. The number of hydrogen-bond donors (Lipinski definition) is 1. The number of aliphatic hydroxyl groups is 1. The van der Waals surface area contributed by atoms with Gasteiger partial charge in [-0.3, -0.25) is 0 Å². The molecule has 1 aliphatic rings. The molecule has 7 heteroatoms. The number of nitrogens with zero attached hydrogens (tertiary/aromatic N) is 2. The molecular weight excluding hydrogens is 276 g/mol. The zero-order chi connectivity index (χ0) is 13.2. The Balaban J connectivity index is 2.15. The molecule has 0 bridgehead atoms. The smallest absolute Gasteiger partial charge is 0.244 e. The third-order valence-corrected chi connectivity index (χ3v) is 5.20. The van der Waals surface area contributed by atoms with Gasteiger partial charge >= 0.3 is 0 Å². The first-order chi connectivity index (χ1) is 8.54. The van der Waals surface area contributed by atoms with Crippen molar-refractivity contribution in [1.29, 1.82) is 0 Å². The molecule has 2 rings (SSSR count). The standard InChI is InChI=1S/C11H15ClN2O3S/c12-11-2-1-10(7-13-11)18(16,17)14-5-3-9(8-14)4-6-15/h1-2,7,9,15H,3-6,8H2. The van der Waals surface area contributed by atoms with Crippen molar-refractivity contribution in [3.05, 3.63) is 23.5 Å². The molecule has 0 saturated carbocycles. The number of sulfonamides is 1. The second-order valence-corrected chi connectivity index (χ2v) is 6.67. The maximum Gasteiger partial charge on any atom is 0.244 e. The Morgan fingerprint density at radius 3 is 2.89 bits per heavy atom. The van der Waals surface area contributed by atoms with E-state index in [0.717, 1.165) is 6.42 Å². The fourth-order valence-electron chi connectivity index (χ4n) is 2.10. The highest BCUT2D eigenvalue weighted by Crippen LogP contribution is 2.25. The van der Waals surface area contributed by atoms with Gasteiger partial charge in [-0.2, -0.15) is 4.31 Å². The van der Waals surface area contributed by atoms with Crippen LogP contribution in [0.4, 0.5) is 0 Å². The maximum atomic E-state index is 12.3. The van der Waals surface area contributed by atoms with Gasteiger partial charge in [-0.15, -0.1) is 0 Å². The molecule has 1 N–H and O–H groups in total. The van der Waals surface area contributed by atoms with Crippen molar-refractivity contribution in [1.82, 2.24) is 9.29 Å². The van der Waals surface area contributed by atoms with E-state index in [1.54, 1.807) is 0 Å². The van der Waals surface area contributed by atoms with Crippen LogP contribution in [0.25, 0.3) is 0 Å². The minimum absolute atomic E-state index is 0.0983. The van der Waals surface area contributed by atoms with Crippen molar-refractivity contribution in [2.24, 2.45) is 5.92 Å². The molecule has 2 heterocycles. The number of rotatable bonds is 4. The molecule has 18 heavy (non-hydrogen) atoms. The number of halogens is 1. The molecule has 5 nitrogen and oxygen atoms in total. The van der Waals surface area contributed by atoms with Crippen molar-refractivity contribution in [3.63, 3.8) is 0 Å². The Bertz CT molecular complexity index is 504. The van der Waals surface area contributed by atoms with Crippen LogP contribution in [0.1, 0.15) is 12.8 Å². The summed E-state index contributed by atoms with van der Waals surface area (Å²) in [6.07, 6.45) is 2.71. The summed E-state index contributed by atoms with van der Waals surface area (Å²) >= 11 is 5.64. The topological polar surface area (TPSA) is 70.5 Å². The van der Waals surface area contributed by atoms with Crippen LogP contribution in [0.2, 0.25) is 5.15 Å². The lowest BCUT2D eigenvalue weighted by Gasteiger charge is -2.16. The van der Waals surface area contributed by atoms with Crippen molar-refractivity contribution >= 4 is 21.6 Å². The van der Waals surface area contributed by atoms with Crippen LogP contribution >= 0.6 is 11.6 Å². The highest BCUT2D eigenvalue weighted by molar-refractivity contribution is 7.89. The first-order valence-corrected chi connectivity index (χ1v) is 7.58. The molecule has 1 atom stereocenters. The van der Waals surface area contributed by atoms with E-state index in [4.69, 9.17) is 16.7 Å². The molecular formula is C11H15ClN2O3S. The van der Waals surface area contributed by atoms with E-state index >= 15 is 0 Å². The van der Waals surface area contributed by atoms with Crippen molar-refractivity contribution < 1.29 is 13.5 Å². The van der Waals surface area contributed by atoms with Crippen LogP contribution in [0.15, 0.2) is 23.2 Å². The quantitative estimate of drug-likeness (QED) is 0.844. The van der Waals surface area contributed by atoms with Crippen LogP contribution in [0.3, 0.4) is 0 Å². The maximum absolute atomic E-state index is 12.3. The molecule has 0 radical (unpaired) electrons. The fraction of sp³-hybridized carbons (Fsp3) is 0.545. The summed E-state index contributed by atoms with van der Waals surface area (Å²) in [5.74, 6) is 0.241. The molecule has 1 fully saturated rings. The van der Waals surface area contributed by atoms with Crippen LogP contribution in [0, 0.1) is 5.92 Å². The van der Waals surface area contributed by atoms with Crippen LogP contribution in [0.5, 0.6) is 0 Å². The summed E-state index contributed by atoms with van der Waals surface area (Å²) in [6, 6.07) is 2.93. The average molecular weight is 291 g/mol. The number of pyridine rings is 1. The molecule has 0 spiro atoms. The lowest BCUT2D eigenvalue weighted by atomic mass is 10.1. The highest BCUT2D eigenvalue weighted by atomic mass is 35.5. The average Bonchev–Trinajstić information content (AvgIpc) is 2.79. The summed E-state index contributed by atoms with van der Waals surface area (Å²) in [6.45, 7) is 1.06. The van der Waals surface area contributed by atoms with Crippen LogP contribution < -0.4 is 0 Å². The van der Waals surface area contributed by atoms with E-state index in [-0.39, 0.29) is 22.6 Å². The second kappa shape index (κ2) is 5.52. The molecule has 0 aliphatic carbocycles. The normalized spacial score (nSPS) is 21.3. The van der Waals surface area contributed by atoms with Gasteiger partial charge in [-0.1, -0.05) is 11.6 Å². The van der Waals surface area contributed by atoms with E-state index in [9.17, 15) is 8.42 Å². The van der Waals surface area contributed by atoms with Gasteiger partial charge < -0.3 is 5.11 Å². The zero-order valence-corrected chi connectivity index (χ0v) is 11.4. The number of hydrogen-bond acceptors (Lipinski definition) is 4. The summed E-state index contributed by atoms with van der Waals surface area (Å²) in [7, 11) is -3.48. The largest absolute Gasteiger partial charge is 0.396 e. The van der Waals surface area contributed by atoms with Gasteiger partial charge in [0, 0.05) is 25.9 Å². The zero-order valence-electron chi connectivity index (χ0n) is 9.79. The SMILES string of the molecule is O=S(=O)(c1ccc(Cl)nc1)N1CCC(CCO)C1. The second-order valence-electron chi connectivity index (χ2n) is 4.35. The Morgan fingerprint density at radius 1 is 1.50 bits per heavy atom. The molecule has 0 amide bonds. The van der Waals surface area contributed by atoms with Crippen molar-refractivity contribution in [3.8, 4) is 0 Å². The molecule has 1 aromatic heterocycles. The van der Waals surface area contributed by atoms with Gasteiger partial charge in [-0.05, 0) is 30.9 Å². The lowest BCUT2D eigenvalue weighted by molar-refractivity contribution is 0.259. The van der Waals surface area contributed by atoms with E-state index in [1.165, 1.54) is 22.6 Å². The predicted molar refractivity (Wildman–Crippen MR) is 67.8 cm³/mol. The highest BCUT2D eigenvalue weighted by Gasteiger charge is 2.32. The first-order valence-electron chi connectivity index (χ1n) is 5.76. The molecule has 1 unspecified atom stereocenters. The van der Waals surface area contributed by atoms with Crippen molar-refractivity contribution in [2.75, 3.05) is 19.7 Å². The molecule has 100 valence electrons. The monoisotopic (exact) mass is 290 g/mol. The van der Waals surface area contributed by atoms with Gasteiger partial charge in [0.25, 0.3) is 0 Å². The fourth-order valence-corrected chi connectivity index (χ4v) is 3.69. The minimum atomic E-state index is -3.48. The first kappa shape index (κ1) is 13.7. The van der Waals surface area contributed by atoms with Gasteiger partial charge in [0.05, 0.1) is 0 Å². The van der Waals surface area contributed by atoms with E-state index < -0.39 is 10.0 Å². The van der Waals surface area contributed by atoms with Crippen molar-refractivity contribution in [2.45, 2.75) is 17.7 Å². The summed E-state index contributed by atoms with van der Waals surface area (Å²) in [5.41, 5.74) is 0.